The van der Waals surface area contributed by atoms with Crippen molar-refractivity contribution in [1.29, 1.82) is 0 Å². The minimum atomic E-state index is -0.588. The normalized spacial score (nSPS) is 13.0. The molecule has 0 rings (SSSR count). The highest BCUT2D eigenvalue weighted by atomic mass is 31.2. The van der Waals surface area contributed by atoms with Crippen LogP contribution in [0, 0.1) is 0 Å². The zero-order valence-electron chi connectivity index (χ0n) is 10.6. The summed E-state index contributed by atoms with van der Waals surface area (Å²) >= 11 is 0. The van der Waals surface area contributed by atoms with Gasteiger partial charge in [-0.3, -0.25) is 0 Å². The lowest BCUT2D eigenvalue weighted by molar-refractivity contribution is 0.252. The molecule has 0 aromatic carbocycles. The lowest BCUT2D eigenvalue weighted by atomic mass is 10.2. The molecule has 0 amide bonds. The van der Waals surface area contributed by atoms with Crippen molar-refractivity contribution in [1.82, 2.24) is 0 Å². The Labute approximate surface area is 96.7 Å². The lowest BCUT2D eigenvalue weighted by Crippen LogP contribution is -1.97. The maximum Gasteiger partial charge on any atom is 0.170 e. The smallest absolute Gasteiger partial charge is 0.170 e. The van der Waals surface area contributed by atoms with Crippen LogP contribution in [0.25, 0.3) is 0 Å². The summed E-state index contributed by atoms with van der Waals surface area (Å²) in [6.07, 6.45) is 8.64. The van der Waals surface area contributed by atoms with E-state index in [1.165, 1.54) is 38.5 Å². The molecule has 0 N–H and O–H groups in total. The molecule has 0 aromatic rings. The third-order valence-corrected chi connectivity index (χ3v) is 3.90. The van der Waals surface area contributed by atoms with Crippen molar-refractivity contribution < 1.29 is 9.05 Å². The molecule has 15 heavy (non-hydrogen) atoms. The fourth-order valence-electron chi connectivity index (χ4n) is 1.29. The van der Waals surface area contributed by atoms with Crippen LogP contribution in [0.3, 0.4) is 0 Å². The largest absolute Gasteiger partial charge is 0.334 e. The van der Waals surface area contributed by atoms with E-state index in [-0.39, 0.29) is 0 Å². The van der Waals surface area contributed by atoms with Crippen LogP contribution in [0.5, 0.6) is 0 Å². The van der Waals surface area contributed by atoms with E-state index in [1.807, 2.05) is 6.92 Å². The Kier molecular flexibility index (Phi) is 12.7. The Morgan fingerprint density at radius 1 is 0.800 bits per heavy atom. The van der Waals surface area contributed by atoms with E-state index < -0.39 is 8.38 Å². The topological polar surface area (TPSA) is 18.5 Å². The fraction of sp³-hybridized carbons (Fsp3) is 1.00. The van der Waals surface area contributed by atoms with E-state index in [4.69, 9.17) is 9.05 Å². The van der Waals surface area contributed by atoms with Gasteiger partial charge in [0.1, 0.15) is 0 Å². The molecular formula is C12H27O2P. The quantitative estimate of drug-likeness (QED) is 0.380. The molecule has 0 aliphatic carbocycles. The van der Waals surface area contributed by atoms with Crippen LogP contribution < -0.4 is 0 Å². The molecule has 0 aliphatic rings. The summed E-state index contributed by atoms with van der Waals surface area (Å²) in [6, 6.07) is 0. The first-order chi connectivity index (χ1) is 7.35. The third kappa shape index (κ3) is 10.6. The molecule has 1 unspecified atom stereocenters. The van der Waals surface area contributed by atoms with Crippen molar-refractivity contribution >= 4 is 8.38 Å². The first kappa shape index (κ1) is 15.3. The summed E-state index contributed by atoms with van der Waals surface area (Å²) < 4.78 is 11.4. The van der Waals surface area contributed by atoms with Crippen molar-refractivity contribution in [2.75, 3.05) is 19.4 Å². The summed E-state index contributed by atoms with van der Waals surface area (Å²) in [6.45, 7) is 8.15. The maximum atomic E-state index is 5.77. The van der Waals surface area contributed by atoms with E-state index >= 15 is 0 Å². The van der Waals surface area contributed by atoms with Crippen LogP contribution in [-0.4, -0.2) is 19.4 Å². The average molecular weight is 234 g/mol. The van der Waals surface area contributed by atoms with Gasteiger partial charge < -0.3 is 9.05 Å². The molecule has 0 saturated heterocycles. The van der Waals surface area contributed by atoms with Crippen LogP contribution in [0.2, 0.25) is 0 Å². The van der Waals surface area contributed by atoms with Gasteiger partial charge in [0.2, 0.25) is 0 Å². The van der Waals surface area contributed by atoms with Gasteiger partial charge in [-0.05, 0) is 19.8 Å². The summed E-state index contributed by atoms with van der Waals surface area (Å²) in [7, 11) is -0.588. The number of rotatable bonds is 11. The van der Waals surface area contributed by atoms with Crippen LogP contribution in [0.15, 0.2) is 0 Å². The van der Waals surface area contributed by atoms with E-state index in [2.05, 4.69) is 13.8 Å². The molecule has 0 saturated carbocycles. The first-order valence-electron chi connectivity index (χ1n) is 6.38. The second-order valence-corrected chi connectivity index (χ2v) is 5.35. The van der Waals surface area contributed by atoms with Crippen molar-refractivity contribution in [2.24, 2.45) is 0 Å². The summed E-state index contributed by atoms with van der Waals surface area (Å²) in [4.78, 5) is 0. The monoisotopic (exact) mass is 234 g/mol. The van der Waals surface area contributed by atoms with Crippen molar-refractivity contribution in [2.45, 2.75) is 59.3 Å². The summed E-state index contributed by atoms with van der Waals surface area (Å²) in [5.41, 5.74) is 0. The lowest BCUT2D eigenvalue weighted by Gasteiger charge is -2.16. The fourth-order valence-corrected chi connectivity index (χ4v) is 2.82. The molecule has 2 nitrogen and oxygen atoms in total. The van der Waals surface area contributed by atoms with Crippen LogP contribution >= 0.6 is 8.38 Å². The Morgan fingerprint density at radius 3 is 2.13 bits per heavy atom. The molecule has 0 radical (unpaired) electrons. The van der Waals surface area contributed by atoms with Gasteiger partial charge in [-0.1, -0.05) is 39.5 Å². The second-order valence-electron chi connectivity index (χ2n) is 3.72. The molecule has 0 aliphatic heterocycles. The van der Waals surface area contributed by atoms with Crippen molar-refractivity contribution in [3.63, 3.8) is 0 Å². The van der Waals surface area contributed by atoms with E-state index in [9.17, 15) is 0 Å². The molecule has 0 bridgehead atoms. The molecule has 0 spiro atoms. The average Bonchev–Trinajstić information content (AvgIpc) is 2.25. The Bertz CT molecular complexity index is 120. The molecule has 3 heteroatoms. The minimum Gasteiger partial charge on any atom is -0.334 e. The predicted molar refractivity (Wildman–Crippen MR) is 68.4 cm³/mol. The van der Waals surface area contributed by atoms with Gasteiger partial charge in [-0.2, -0.15) is 0 Å². The highest BCUT2D eigenvalue weighted by Crippen LogP contribution is 2.39. The third-order valence-electron chi connectivity index (χ3n) is 2.20. The van der Waals surface area contributed by atoms with Gasteiger partial charge in [-0.25, -0.2) is 0 Å². The van der Waals surface area contributed by atoms with Gasteiger partial charge in [0.05, 0.1) is 13.2 Å². The molecule has 0 aromatic heterocycles. The van der Waals surface area contributed by atoms with Crippen molar-refractivity contribution in [3.05, 3.63) is 0 Å². The van der Waals surface area contributed by atoms with Crippen molar-refractivity contribution in [3.8, 4) is 0 Å². The summed E-state index contributed by atoms with van der Waals surface area (Å²) in [5.74, 6) is 0. The highest BCUT2D eigenvalue weighted by Gasteiger charge is 2.08. The zero-order chi connectivity index (χ0) is 11.4. The second kappa shape index (κ2) is 12.4. The molecule has 0 heterocycles. The van der Waals surface area contributed by atoms with Crippen LogP contribution in [0.4, 0.5) is 0 Å². The SMILES string of the molecule is CCCCCCOP(CCCC)OCC. The van der Waals surface area contributed by atoms with E-state index in [0.717, 1.165) is 19.4 Å². The number of unbranched alkanes of at least 4 members (excludes halogenated alkanes) is 4. The predicted octanol–water partition coefficient (Wildman–Crippen LogP) is 4.73. The Balaban J connectivity index is 3.38. The minimum absolute atomic E-state index is 0.588. The van der Waals surface area contributed by atoms with Gasteiger partial charge in [0, 0.05) is 6.16 Å². The molecule has 1 atom stereocenters. The Hall–Kier alpha value is 0.350. The van der Waals surface area contributed by atoms with Crippen LogP contribution in [0.1, 0.15) is 59.3 Å². The van der Waals surface area contributed by atoms with Gasteiger partial charge >= 0.3 is 0 Å². The van der Waals surface area contributed by atoms with E-state index in [1.54, 1.807) is 0 Å². The van der Waals surface area contributed by atoms with Gasteiger partial charge in [0.25, 0.3) is 0 Å². The maximum absolute atomic E-state index is 5.77. The van der Waals surface area contributed by atoms with Gasteiger partial charge in [-0.15, -0.1) is 0 Å². The molecule has 92 valence electrons. The highest BCUT2D eigenvalue weighted by molar-refractivity contribution is 7.47. The Morgan fingerprint density at radius 2 is 1.53 bits per heavy atom. The number of hydrogen-bond acceptors (Lipinski definition) is 2. The molecule has 0 fully saturated rings. The first-order valence-corrected chi connectivity index (χ1v) is 7.74. The van der Waals surface area contributed by atoms with E-state index in [0.29, 0.717) is 0 Å². The summed E-state index contributed by atoms with van der Waals surface area (Å²) in [5, 5.41) is 0. The standard InChI is InChI=1S/C12H27O2P/c1-4-7-9-10-11-14-15(13-6-3)12-8-5-2/h4-12H2,1-3H3. The van der Waals surface area contributed by atoms with Crippen LogP contribution in [-0.2, 0) is 9.05 Å². The number of hydrogen-bond donors (Lipinski definition) is 0. The van der Waals surface area contributed by atoms with Gasteiger partial charge in [0.15, 0.2) is 8.38 Å². The molecular weight excluding hydrogens is 207 g/mol. The zero-order valence-corrected chi connectivity index (χ0v) is 11.5.